The van der Waals surface area contributed by atoms with E-state index in [1.807, 2.05) is 13.8 Å². The molecule has 6 nitrogen and oxygen atoms in total. The number of hydrogen-bond donors (Lipinski definition) is 1. The van der Waals surface area contributed by atoms with Crippen molar-refractivity contribution in [2.75, 3.05) is 40.4 Å². The van der Waals surface area contributed by atoms with Gasteiger partial charge in [-0.2, -0.15) is 0 Å². The zero-order chi connectivity index (χ0) is 13.7. The van der Waals surface area contributed by atoms with Crippen LogP contribution in [0.2, 0.25) is 0 Å². The third-order valence-electron chi connectivity index (χ3n) is 2.94. The van der Waals surface area contributed by atoms with Gasteiger partial charge in [0.15, 0.2) is 0 Å². The van der Waals surface area contributed by atoms with E-state index in [0.717, 1.165) is 0 Å². The molecule has 0 aromatic heterocycles. The highest BCUT2D eigenvalue weighted by molar-refractivity contribution is 5.87. The molecule has 1 fully saturated rings. The van der Waals surface area contributed by atoms with Crippen LogP contribution in [0.1, 0.15) is 13.8 Å². The van der Waals surface area contributed by atoms with Crippen LogP contribution in [0.15, 0.2) is 0 Å². The van der Waals surface area contributed by atoms with Gasteiger partial charge in [0.2, 0.25) is 5.91 Å². The Kier molecular flexibility index (Phi) is 5.40. The van der Waals surface area contributed by atoms with Gasteiger partial charge in [0.25, 0.3) is 0 Å². The molecule has 0 spiro atoms. The highest BCUT2D eigenvalue weighted by Crippen LogP contribution is 2.08. The Morgan fingerprint density at radius 1 is 1.22 bits per heavy atom. The average Bonchev–Trinajstić information content (AvgIpc) is 2.35. The molecule has 1 atom stereocenters. The molecule has 1 N–H and O–H groups in total. The van der Waals surface area contributed by atoms with Crippen molar-refractivity contribution in [2.24, 2.45) is 5.92 Å². The molecular weight excluding hydrogens is 234 g/mol. The maximum absolute atomic E-state index is 12.3. The molecule has 1 aliphatic heterocycles. The number of hydrogen-bond acceptors (Lipinski definition) is 3. The standard InChI is InChI=1S/C12H23N3O3/c1-9(2)10(13-12(17)14(3)4)11(16)15-5-7-18-8-6-15/h9-10H,5-8H2,1-4H3,(H,13,17)/t10-/m0/s1. The van der Waals surface area contributed by atoms with Crippen molar-refractivity contribution in [2.45, 2.75) is 19.9 Å². The van der Waals surface area contributed by atoms with Gasteiger partial charge in [-0.15, -0.1) is 0 Å². The van der Waals surface area contributed by atoms with Gasteiger partial charge in [0.1, 0.15) is 6.04 Å². The van der Waals surface area contributed by atoms with Gasteiger partial charge in [-0.1, -0.05) is 13.8 Å². The summed E-state index contributed by atoms with van der Waals surface area (Å²) < 4.78 is 5.22. The molecule has 1 heterocycles. The first kappa shape index (κ1) is 14.8. The van der Waals surface area contributed by atoms with Crippen molar-refractivity contribution >= 4 is 11.9 Å². The molecule has 3 amide bonds. The largest absolute Gasteiger partial charge is 0.378 e. The average molecular weight is 257 g/mol. The Labute approximate surface area is 108 Å². The van der Waals surface area contributed by atoms with Crippen LogP contribution in [0, 0.1) is 5.92 Å². The summed E-state index contributed by atoms with van der Waals surface area (Å²) in [5, 5.41) is 2.77. The molecule has 0 aromatic rings. The number of ether oxygens (including phenoxy) is 1. The number of morpholine rings is 1. The topological polar surface area (TPSA) is 61.9 Å². The van der Waals surface area contributed by atoms with E-state index >= 15 is 0 Å². The molecule has 1 saturated heterocycles. The number of nitrogens with one attached hydrogen (secondary N) is 1. The predicted molar refractivity (Wildman–Crippen MR) is 68.2 cm³/mol. The van der Waals surface area contributed by atoms with Crippen LogP contribution >= 0.6 is 0 Å². The minimum atomic E-state index is -0.474. The van der Waals surface area contributed by atoms with Gasteiger partial charge in [0, 0.05) is 27.2 Å². The Hall–Kier alpha value is -1.30. The van der Waals surface area contributed by atoms with Gasteiger partial charge >= 0.3 is 6.03 Å². The van der Waals surface area contributed by atoms with Gasteiger partial charge in [-0.05, 0) is 5.92 Å². The minimum Gasteiger partial charge on any atom is -0.378 e. The zero-order valence-electron chi connectivity index (χ0n) is 11.6. The normalized spacial score (nSPS) is 17.5. The smallest absolute Gasteiger partial charge is 0.317 e. The molecule has 0 radical (unpaired) electrons. The molecule has 1 rings (SSSR count). The van der Waals surface area contributed by atoms with Crippen molar-refractivity contribution in [3.05, 3.63) is 0 Å². The summed E-state index contributed by atoms with van der Waals surface area (Å²) in [5.41, 5.74) is 0. The summed E-state index contributed by atoms with van der Waals surface area (Å²) in [4.78, 5) is 27.2. The van der Waals surface area contributed by atoms with Crippen molar-refractivity contribution in [1.29, 1.82) is 0 Å². The SMILES string of the molecule is CC(C)[C@H](NC(=O)N(C)C)C(=O)N1CCOCC1. The number of urea groups is 1. The second-order valence-electron chi connectivity index (χ2n) is 5.00. The van der Waals surface area contributed by atoms with Crippen LogP contribution in [0.4, 0.5) is 4.79 Å². The van der Waals surface area contributed by atoms with E-state index in [1.54, 1.807) is 19.0 Å². The van der Waals surface area contributed by atoms with E-state index in [-0.39, 0.29) is 17.9 Å². The Balaban J connectivity index is 2.65. The quantitative estimate of drug-likeness (QED) is 0.782. The fraction of sp³-hybridized carbons (Fsp3) is 0.833. The van der Waals surface area contributed by atoms with Crippen LogP contribution in [0.3, 0.4) is 0 Å². The second kappa shape index (κ2) is 6.58. The number of carbonyl (C=O) groups is 2. The van der Waals surface area contributed by atoms with Crippen LogP contribution in [0.25, 0.3) is 0 Å². The van der Waals surface area contributed by atoms with Gasteiger partial charge < -0.3 is 19.9 Å². The van der Waals surface area contributed by atoms with E-state index in [1.165, 1.54) is 4.90 Å². The zero-order valence-corrected chi connectivity index (χ0v) is 11.6. The highest BCUT2D eigenvalue weighted by Gasteiger charge is 2.29. The first-order chi connectivity index (χ1) is 8.43. The van der Waals surface area contributed by atoms with Crippen LogP contribution in [-0.4, -0.2) is 68.2 Å². The van der Waals surface area contributed by atoms with Crippen molar-refractivity contribution in [1.82, 2.24) is 15.1 Å². The monoisotopic (exact) mass is 257 g/mol. The summed E-state index contributed by atoms with van der Waals surface area (Å²) in [6, 6.07) is -0.715. The summed E-state index contributed by atoms with van der Waals surface area (Å²) in [7, 11) is 3.32. The Morgan fingerprint density at radius 2 is 1.78 bits per heavy atom. The first-order valence-corrected chi connectivity index (χ1v) is 6.28. The first-order valence-electron chi connectivity index (χ1n) is 6.28. The Bertz CT molecular complexity index is 299. The molecule has 0 aromatic carbocycles. The molecule has 0 saturated carbocycles. The van der Waals surface area contributed by atoms with E-state index in [4.69, 9.17) is 4.74 Å². The third kappa shape index (κ3) is 3.87. The third-order valence-corrected chi connectivity index (χ3v) is 2.94. The number of nitrogens with zero attached hydrogens (tertiary/aromatic N) is 2. The lowest BCUT2D eigenvalue weighted by molar-refractivity contribution is -0.138. The summed E-state index contributed by atoms with van der Waals surface area (Å²) >= 11 is 0. The molecule has 1 aliphatic rings. The lowest BCUT2D eigenvalue weighted by Gasteiger charge is -2.32. The predicted octanol–water partition coefficient (Wildman–Crippen LogP) is 0.141. The van der Waals surface area contributed by atoms with Gasteiger partial charge in [0.05, 0.1) is 13.2 Å². The van der Waals surface area contributed by atoms with Gasteiger partial charge in [-0.25, -0.2) is 4.79 Å². The molecule has 18 heavy (non-hydrogen) atoms. The fourth-order valence-corrected chi connectivity index (χ4v) is 1.76. The Morgan fingerprint density at radius 3 is 2.22 bits per heavy atom. The van der Waals surface area contributed by atoms with Crippen molar-refractivity contribution < 1.29 is 14.3 Å². The fourth-order valence-electron chi connectivity index (χ4n) is 1.76. The molecule has 0 unspecified atom stereocenters. The summed E-state index contributed by atoms with van der Waals surface area (Å²) in [5.74, 6) is 0.0349. The van der Waals surface area contributed by atoms with E-state index in [9.17, 15) is 9.59 Å². The number of carbonyl (C=O) groups excluding carboxylic acids is 2. The van der Waals surface area contributed by atoms with Crippen LogP contribution < -0.4 is 5.32 Å². The maximum atomic E-state index is 12.3. The van der Waals surface area contributed by atoms with E-state index in [2.05, 4.69) is 5.32 Å². The van der Waals surface area contributed by atoms with E-state index in [0.29, 0.717) is 26.3 Å². The van der Waals surface area contributed by atoms with Gasteiger partial charge in [-0.3, -0.25) is 4.79 Å². The minimum absolute atomic E-state index is 0.0245. The lowest BCUT2D eigenvalue weighted by Crippen LogP contribution is -2.55. The molecule has 0 bridgehead atoms. The number of rotatable bonds is 3. The second-order valence-corrected chi connectivity index (χ2v) is 5.00. The maximum Gasteiger partial charge on any atom is 0.317 e. The van der Waals surface area contributed by atoms with Crippen LogP contribution in [0.5, 0.6) is 0 Å². The highest BCUT2D eigenvalue weighted by atomic mass is 16.5. The molecule has 104 valence electrons. The number of amides is 3. The lowest BCUT2D eigenvalue weighted by atomic mass is 10.0. The summed E-state index contributed by atoms with van der Waals surface area (Å²) in [6.45, 7) is 6.19. The molecular formula is C12H23N3O3. The van der Waals surface area contributed by atoms with Crippen LogP contribution in [-0.2, 0) is 9.53 Å². The molecule has 6 heteroatoms. The van der Waals surface area contributed by atoms with Crippen molar-refractivity contribution in [3.8, 4) is 0 Å². The summed E-state index contributed by atoms with van der Waals surface area (Å²) in [6.07, 6.45) is 0. The van der Waals surface area contributed by atoms with E-state index < -0.39 is 6.04 Å². The van der Waals surface area contributed by atoms with Crippen molar-refractivity contribution in [3.63, 3.8) is 0 Å². The molecule has 0 aliphatic carbocycles.